The monoisotopic (exact) mass is 275 g/mol. The van der Waals surface area contributed by atoms with Crippen LogP contribution in [0.4, 0.5) is 5.82 Å². The highest BCUT2D eigenvalue weighted by atomic mass is 16.5. The first kappa shape index (κ1) is 13.2. The van der Waals surface area contributed by atoms with Gasteiger partial charge >= 0.3 is 0 Å². The number of carbonyl (C=O) groups excluding carboxylic acids is 1. The van der Waals surface area contributed by atoms with Crippen LogP contribution in [0.5, 0.6) is 5.75 Å². The third-order valence-corrected chi connectivity index (χ3v) is 4.12. The molecule has 1 saturated heterocycles. The molecule has 5 heteroatoms. The number of ether oxygens (including phenoxy) is 1. The van der Waals surface area contributed by atoms with Gasteiger partial charge in [-0.2, -0.15) is 0 Å². The number of hydrogen-bond donors (Lipinski definition) is 1. The molecule has 0 bridgehead atoms. The van der Waals surface area contributed by atoms with Crippen molar-refractivity contribution in [3.05, 3.63) is 17.8 Å². The minimum absolute atomic E-state index is 0.0680. The van der Waals surface area contributed by atoms with E-state index in [9.17, 15) is 4.79 Å². The lowest BCUT2D eigenvalue weighted by Crippen LogP contribution is -2.31. The second kappa shape index (κ2) is 5.31. The van der Waals surface area contributed by atoms with Crippen molar-refractivity contribution in [2.75, 3.05) is 25.0 Å². The SMILES string of the molecule is CC[C@H]1CCN(C(=O)c2cnc3c(c2)OC[C@@H](C)N3)C1. The van der Waals surface area contributed by atoms with E-state index in [1.165, 1.54) is 0 Å². The highest BCUT2D eigenvalue weighted by Gasteiger charge is 2.27. The summed E-state index contributed by atoms with van der Waals surface area (Å²) in [4.78, 5) is 18.7. The Kier molecular flexibility index (Phi) is 3.51. The van der Waals surface area contributed by atoms with Crippen molar-refractivity contribution in [1.82, 2.24) is 9.88 Å². The van der Waals surface area contributed by atoms with Crippen LogP contribution < -0.4 is 10.1 Å². The molecule has 0 saturated carbocycles. The van der Waals surface area contributed by atoms with E-state index in [0.29, 0.717) is 23.8 Å². The van der Waals surface area contributed by atoms with Gasteiger partial charge in [0.25, 0.3) is 5.91 Å². The zero-order chi connectivity index (χ0) is 14.1. The van der Waals surface area contributed by atoms with Crippen LogP contribution >= 0.6 is 0 Å². The van der Waals surface area contributed by atoms with Crippen molar-refractivity contribution < 1.29 is 9.53 Å². The Morgan fingerprint density at radius 2 is 2.45 bits per heavy atom. The maximum atomic E-state index is 12.5. The van der Waals surface area contributed by atoms with Crippen molar-refractivity contribution in [3.8, 4) is 5.75 Å². The molecule has 1 aromatic heterocycles. The normalized spacial score (nSPS) is 24.8. The van der Waals surface area contributed by atoms with Gasteiger partial charge in [-0.15, -0.1) is 0 Å². The van der Waals surface area contributed by atoms with Gasteiger partial charge in [0.15, 0.2) is 11.6 Å². The molecule has 0 spiro atoms. The standard InChI is InChI=1S/C15H21N3O2/c1-3-11-4-5-18(8-11)15(19)12-6-13-14(16-7-12)17-10(2)9-20-13/h6-7,10-11H,3-5,8-9H2,1-2H3,(H,16,17)/t10-,11+/m1/s1. The molecule has 1 fully saturated rings. The first-order valence-corrected chi connectivity index (χ1v) is 7.36. The topological polar surface area (TPSA) is 54.5 Å². The highest BCUT2D eigenvalue weighted by Crippen LogP contribution is 2.28. The first-order valence-electron chi connectivity index (χ1n) is 7.36. The predicted molar refractivity (Wildman–Crippen MR) is 77.1 cm³/mol. The molecule has 1 aromatic rings. The van der Waals surface area contributed by atoms with E-state index < -0.39 is 0 Å². The summed E-state index contributed by atoms with van der Waals surface area (Å²) >= 11 is 0. The second-order valence-corrected chi connectivity index (χ2v) is 5.74. The third kappa shape index (κ3) is 2.44. The maximum absolute atomic E-state index is 12.5. The Balaban J connectivity index is 1.76. The summed E-state index contributed by atoms with van der Waals surface area (Å²) in [5, 5.41) is 3.25. The number of amides is 1. The summed E-state index contributed by atoms with van der Waals surface area (Å²) in [7, 11) is 0. The van der Waals surface area contributed by atoms with Crippen LogP contribution in [0.25, 0.3) is 0 Å². The summed E-state index contributed by atoms with van der Waals surface area (Å²) < 4.78 is 5.64. The zero-order valence-corrected chi connectivity index (χ0v) is 12.1. The smallest absolute Gasteiger partial charge is 0.255 e. The van der Waals surface area contributed by atoms with Crippen molar-refractivity contribution >= 4 is 11.7 Å². The van der Waals surface area contributed by atoms with Crippen LogP contribution in [0.1, 0.15) is 37.0 Å². The van der Waals surface area contributed by atoms with Crippen LogP contribution in [0.15, 0.2) is 12.3 Å². The van der Waals surface area contributed by atoms with E-state index in [1.54, 1.807) is 6.20 Å². The van der Waals surface area contributed by atoms with Gasteiger partial charge < -0.3 is 15.0 Å². The Labute approximate surface area is 119 Å². The number of carbonyl (C=O) groups is 1. The molecule has 2 atom stereocenters. The van der Waals surface area contributed by atoms with E-state index in [4.69, 9.17) is 4.74 Å². The number of aromatic nitrogens is 1. The number of likely N-dealkylation sites (tertiary alicyclic amines) is 1. The molecule has 2 aliphatic rings. The fourth-order valence-corrected chi connectivity index (χ4v) is 2.80. The Morgan fingerprint density at radius 1 is 1.60 bits per heavy atom. The molecule has 3 rings (SSSR count). The van der Waals surface area contributed by atoms with E-state index in [-0.39, 0.29) is 11.9 Å². The van der Waals surface area contributed by atoms with Gasteiger partial charge in [-0.3, -0.25) is 4.79 Å². The predicted octanol–water partition coefficient (Wildman–Crippen LogP) is 2.15. The molecule has 0 radical (unpaired) electrons. The van der Waals surface area contributed by atoms with E-state index in [2.05, 4.69) is 17.2 Å². The molecule has 0 aliphatic carbocycles. The molecular weight excluding hydrogens is 254 g/mol. The molecule has 1 N–H and O–H groups in total. The van der Waals surface area contributed by atoms with Crippen LogP contribution in [0, 0.1) is 5.92 Å². The van der Waals surface area contributed by atoms with Crippen LogP contribution in [0.3, 0.4) is 0 Å². The van der Waals surface area contributed by atoms with Gasteiger partial charge in [0.2, 0.25) is 0 Å². The highest BCUT2D eigenvalue weighted by molar-refractivity contribution is 5.95. The third-order valence-electron chi connectivity index (χ3n) is 4.12. The number of rotatable bonds is 2. The fourth-order valence-electron chi connectivity index (χ4n) is 2.80. The Hall–Kier alpha value is -1.78. The number of hydrogen-bond acceptors (Lipinski definition) is 4. The number of anilines is 1. The average Bonchev–Trinajstić information content (AvgIpc) is 2.95. The van der Waals surface area contributed by atoms with E-state index in [1.807, 2.05) is 17.9 Å². The molecule has 20 heavy (non-hydrogen) atoms. The van der Waals surface area contributed by atoms with Crippen molar-refractivity contribution in [1.29, 1.82) is 0 Å². The molecular formula is C15H21N3O2. The zero-order valence-electron chi connectivity index (χ0n) is 12.1. The van der Waals surface area contributed by atoms with Crippen molar-refractivity contribution in [2.24, 2.45) is 5.92 Å². The Morgan fingerprint density at radius 3 is 3.20 bits per heavy atom. The molecule has 3 heterocycles. The maximum Gasteiger partial charge on any atom is 0.255 e. The molecule has 0 aromatic carbocycles. The van der Waals surface area contributed by atoms with Gasteiger partial charge in [-0.05, 0) is 25.3 Å². The lowest BCUT2D eigenvalue weighted by Gasteiger charge is -2.24. The molecule has 0 unspecified atom stereocenters. The summed E-state index contributed by atoms with van der Waals surface area (Å²) in [6.07, 6.45) is 3.89. The summed E-state index contributed by atoms with van der Waals surface area (Å²) in [5.41, 5.74) is 0.622. The molecule has 1 amide bonds. The van der Waals surface area contributed by atoms with Gasteiger partial charge in [0, 0.05) is 19.3 Å². The summed E-state index contributed by atoms with van der Waals surface area (Å²) in [6.45, 7) is 6.54. The summed E-state index contributed by atoms with van der Waals surface area (Å²) in [5.74, 6) is 2.12. The molecule has 108 valence electrons. The minimum Gasteiger partial charge on any atom is -0.488 e. The van der Waals surface area contributed by atoms with Crippen molar-refractivity contribution in [3.63, 3.8) is 0 Å². The average molecular weight is 275 g/mol. The van der Waals surface area contributed by atoms with E-state index >= 15 is 0 Å². The number of nitrogens with one attached hydrogen (secondary N) is 1. The quantitative estimate of drug-likeness (QED) is 0.898. The molecule has 2 aliphatic heterocycles. The second-order valence-electron chi connectivity index (χ2n) is 5.74. The molecule has 5 nitrogen and oxygen atoms in total. The number of nitrogens with zero attached hydrogens (tertiary/aromatic N) is 2. The van der Waals surface area contributed by atoms with Crippen LogP contribution in [-0.4, -0.2) is 41.5 Å². The number of pyridine rings is 1. The summed E-state index contributed by atoms with van der Waals surface area (Å²) in [6, 6.07) is 2.06. The minimum atomic E-state index is 0.0680. The largest absolute Gasteiger partial charge is 0.488 e. The lowest BCUT2D eigenvalue weighted by molar-refractivity contribution is 0.0786. The van der Waals surface area contributed by atoms with Crippen molar-refractivity contribution in [2.45, 2.75) is 32.7 Å². The Bertz CT molecular complexity index is 518. The number of fused-ring (bicyclic) bond motifs is 1. The lowest BCUT2D eigenvalue weighted by atomic mass is 10.1. The van der Waals surface area contributed by atoms with Crippen LogP contribution in [-0.2, 0) is 0 Å². The van der Waals surface area contributed by atoms with Gasteiger partial charge in [-0.1, -0.05) is 13.3 Å². The van der Waals surface area contributed by atoms with Crippen LogP contribution in [0.2, 0.25) is 0 Å². The first-order chi connectivity index (χ1) is 9.67. The van der Waals surface area contributed by atoms with Gasteiger partial charge in [0.1, 0.15) is 6.61 Å². The van der Waals surface area contributed by atoms with Gasteiger partial charge in [-0.25, -0.2) is 4.98 Å². The van der Waals surface area contributed by atoms with Gasteiger partial charge in [0.05, 0.1) is 11.6 Å². The fraction of sp³-hybridized carbons (Fsp3) is 0.600. The van der Waals surface area contributed by atoms with E-state index in [0.717, 1.165) is 31.7 Å².